The lowest BCUT2D eigenvalue weighted by atomic mass is 10.4. The van der Waals surface area contributed by atoms with Gasteiger partial charge in [-0.05, 0) is 54.4 Å². The lowest BCUT2D eigenvalue weighted by Crippen LogP contribution is -2.30. The van der Waals surface area contributed by atoms with Crippen LogP contribution >= 0.6 is 15.2 Å². The first-order valence-corrected chi connectivity index (χ1v) is 20.8. The Kier molecular flexibility index (Phi) is 23.4. The molecule has 306 valence electrons. The van der Waals surface area contributed by atoms with Crippen molar-refractivity contribution in [2.45, 2.75) is 73.6 Å². The van der Waals surface area contributed by atoms with Crippen molar-refractivity contribution in [3.63, 3.8) is 0 Å². The molecule has 19 nitrogen and oxygen atoms in total. The quantitative estimate of drug-likeness (QED) is 0.0451. The molecule has 54 heavy (non-hydrogen) atoms. The Hall–Kier alpha value is -3.67. The fraction of sp³-hybridized carbons (Fsp3) is 0.606. The van der Waals surface area contributed by atoms with Gasteiger partial charge in [-0.25, -0.2) is 14.4 Å². The molecule has 0 saturated carbocycles. The zero-order valence-corrected chi connectivity index (χ0v) is 33.5. The van der Waals surface area contributed by atoms with Crippen molar-refractivity contribution in [2.75, 3.05) is 58.8 Å². The molecule has 0 bridgehead atoms. The van der Waals surface area contributed by atoms with Crippen LogP contribution in [0.25, 0.3) is 0 Å². The number of aryl methyl sites for hydroxylation is 2. The molecule has 2 unspecified atom stereocenters. The summed E-state index contributed by atoms with van der Waals surface area (Å²) in [6.45, 7) is 12.4. The maximum Gasteiger partial charge on any atom is 0.510 e. The molecule has 2 aromatic heterocycles. The van der Waals surface area contributed by atoms with E-state index >= 15 is 0 Å². The van der Waals surface area contributed by atoms with Gasteiger partial charge >= 0.3 is 32.7 Å². The van der Waals surface area contributed by atoms with Gasteiger partial charge in [-0.2, -0.15) is 0 Å². The molecule has 0 saturated heterocycles. The topological polar surface area (TPSA) is 246 Å². The van der Waals surface area contributed by atoms with Gasteiger partial charge in [0.2, 0.25) is 6.79 Å². The molecule has 0 aliphatic rings. The molecule has 21 heteroatoms. The number of H-pyrrole nitrogens is 2. The number of aromatic amines is 2. The lowest BCUT2D eigenvalue weighted by molar-refractivity contribution is -0.0130. The first-order valence-electron chi connectivity index (χ1n) is 17.3. The largest absolute Gasteiger partial charge is 0.510 e. The minimum Gasteiger partial charge on any atom is -0.432 e. The van der Waals surface area contributed by atoms with E-state index in [0.717, 1.165) is 0 Å². The highest BCUT2D eigenvalue weighted by Crippen LogP contribution is 2.48. The number of allylic oxidation sites excluding steroid dienone is 4. The maximum absolute atomic E-state index is 12.9. The third-order valence-electron chi connectivity index (χ3n) is 6.59. The summed E-state index contributed by atoms with van der Waals surface area (Å²) in [5.41, 5.74) is -1.13. The van der Waals surface area contributed by atoms with Crippen molar-refractivity contribution in [3.8, 4) is 0 Å². The van der Waals surface area contributed by atoms with Gasteiger partial charge in [-0.15, -0.1) is 0 Å². The maximum atomic E-state index is 12.9. The average molecular weight is 809 g/mol. The first kappa shape index (κ1) is 48.3. The van der Waals surface area contributed by atoms with E-state index in [1.54, 1.807) is 39.8 Å². The number of nitrogens with one attached hydrogen (secondary N) is 2. The zero-order valence-electron chi connectivity index (χ0n) is 31.7. The van der Waals surface area contributed by atoms with Crippen molar-refractivity contribution < 1.29 is 51.3 Å². The Labute approximate surface area is 313 Å². The molecule has 2 heterocycles. The number of ether oxygens (including phenoxy) is 4. The zero-order chi connectivity index (χ0) is 40.6. The summed E-state index contributed by atoms with van der Waals surface area (Å²) < 4.78 is 62.7. The number of rotatable bonds is 24. The van der Waals surface area contributed by atoms with Gasteiger partial charge in [0.1, 0.15) is 0 Å². The van der Waals surface area contributed by atoms with E-state index in [4.69, 9.17) is 32.5 Å². The van der Waals surface area contributed by atoms with Gasteiger partial charge in [0, 0.05) is 63.0 Å². The van der Waals surface area contributed by atoms with E-state index in [9.17, 15) is 38.0 Å². The van der Waals surface area contributed by atoms with Crippen LogP contribution in [0.1, 0.15) is 51.7 Å². The lowest BCUT2D eigenvalue weighted by Gasteiger charge is -2.17. The molecule has 0 aromatic carbocycles. The second-order valence-electron chi connectivity index (χ2n) is 11.6. The van der Waals surface area contributed by atoms with Crippen LogP contribution in [-0.4, -0.2) is 95.0 Å². The van der Waals surface area contributed by atoms with Crippen LogP contribution < -0.4 is 22.5 Å². The molecule has 0 amide bonds. The molecular weight excluding hydrogens is 754 g/mol. The fourth-order valence-corrected chi connectivity index (χ4v) is 6.14. The summed E-state index contributed by atoms with van der Waals surface area (Å²) in [6, 6.07) is 0. The molecule has 3 N–H and O–H groups in total. The smallest absolute Gasteiger partial charge is 0.432 e. The number of nitrogens with zero attached hydrogens (tertiary/aromatic N) is 2. The highest BCUT2D eigenvalue weighted by Gasteiger charge is 2.24. The number of carbonyl (C=O) groups excluding carboxylic acids is 1. The number of hydrogen-bond donors (Lipinski definition) is 3. The van der Waals surface area contributed by atoms with Gasteiger partial charge in [0.15, 0.2) is 0 Å². The summed E-state index contributed by atoms with van der Waals surface area (Å²) in [4.78, 5) is 71.4. The Morgan fingerprint density at radius 2 is 1.24 bits per heavy atom. The summed E-state index contributed by atoms with van der Waals surface area (Å²) in [7, 11) is -7.31. The van der Waals surface area contributed by atoms with Crippen molar-refractivity contribution >= 4 is 21.3 Å². The van der Waals surface area contributed by atoms with E-state index < -0.39 is 50.6 Å². The SMILES string of the molecule is CCOCCCOP(=O)(C/C=C/Cn1cc(C)c(=O)[nH]c1=O)OCOC(=O)OC(C)C.CCOCCCOP(=O)(O)C/C=C/Cn1cc(C)c(=O)[nH]c1=O. The summed E-state index contributed by atoms with van der Waals surface area (Å²) in [5.74, 6) is 0. The van der Waals surface area contributed by atoms with Crippen LogP contribution in [0.15, 0.2) is 55.9 Å². The van der Waals surface area contributed by atoms with E-state index in [1.165, 1.54) is 33.7 Å². The van der Waals surface area contributed by atoms with Gasteiger partial charge < -0.3 is 32.9 Å². The molecule has 0 aliphatic heterocycles. The predicted molar refractivity (Wildman–Crippen MR) is 200 cm³/mol. The molecule has 0 radical (unpaired) electrons. The second-order valence-corrected chi connectivity index (χ2v) is 15.6. The monoisotopic (exact) mass is 808 g/mol. The number of aromatic nitrogens is 4. The third kappa shape index (κ3) is 21.3. The van der Waals surface area contributed by atoms with Crippen LogP contribution in [0.3, 0.4) is 0 Å². The molecule has 0 fully saturated rings. The minimum absolute atomic E-state index is 0.110. The van der Waals surface area contributed by atoms with Crippen LogP contribution in [-0.2, 0) is 54.7 Å². The van der Waals surface area contributed by atoms with Crippen LogP contribution in [0, 0.1) is 13.8 Å². The van der Waals surface area contributed by atoms with Crippen molar-refractivity contribution in [2.24, 2.45) is 0 Å². The molecule has 2 atom stereocenters. The summed E-state index contributed by atoms with van der Waals surface area (Å²) >= 11 is 0. The van der Waals surface area contributed by atoms with Gasteiger partial charge in [-0.3, -0.25) is 42.3 Å². The predicted octanol–water partition coefficient (Wildman–Crippen LogP) is 3.60. The normalized spacial score (nSPS) is 13.8. The van der Waals surface area contributed by atoms with E-state index in [2.05, 4.69) is 9.97 Å². The van der Waals surface area contributed by atoms with E-state index in [0.29, 0.717) is 50.4 Å². The van der Waals surface area contributed by atoms with E-state index in [1.807, 2.05) is 13.8 Å². The third-order valence-corrected chi connectivity index (χ3v) is 9.59. The fourth-order valence-electron chi connectivity index (χ4n) is 3.89. The van der Waals surface area contributed by atoms with Crippen molar-refractivity contribution in [1.29, 1.82) is 0 Å². The van der Waals surface area contributed by atoms with E-state index in [-0.39, 0.29) is 44.7 Å². The Morgan fingerprint density at radius 1 is 0.759 bits per heavy atom. The Bertz CT molecular complexity index is 1810. The Morgan fingerprint density at radius 3 is 1.72 bits per heavy atom. The van der Waals surface area contributed by atoms with Gasteiger partial charge in [0.05, 0.1) is 31.6 Å². The highest BCUT2D eigenvalue weighted by atomic mass is 31.2. The first-order chi connectivity index (χ1) is 25.5. The standard InChI is InChI=1S/C19H31N2O9P.C14H23N2O6P/c1-5-26-10-8-11-28-31(25,29-14-27-19(24)30-15(2)3)12-7-6-9-21-13-16(4)17(22)20-18(21)23;1-3-21-8-6-9-22-23(19,20)10-5-4-7-16-11-12(2)13(17)15-14(16)18/h6-7,13,15H,5,8-12,14H2,1-4H3,(H,20,22,23);4-5,11H,3,6-10H2,1-2H3,(H,19,20)(H,15,17,18)/b7-6+;5-4+. The van der Waals surface area contributed by atoms with Gasteiger partial charge in [-0.1, -0.05) is 24.3 Å². The van der Waals surface area contributed by atoms with Gasteiger partial charge in [0.25, 0.3) is 11.1 Å². The van der Waals surface area contributed by atoms with Crippen LogP contribution in [0.4, 0.5) is 4.79 Å². The van der Waals surface area contributed by atoms with Crippen LogP contribution in [0.5, 0.6) is 0 Å². The van der Waals surface area contributed by atoms with Crippen molar-refractivity contribution in [1.82, 2.24) is 19.1 Å². The second kappa shape index (κ2) is 26.2. The summed E-state index contributed by atoms with van der Waals surface area (Å²) in [5, 5.41) is 0. The molecular formula is C33H54N4O15P2. The van der Waals surface area contributed by atoms with Crippen LogP contribution in [0.2, 0.25) is 0 Å². The molecule has 0 spiro atoms. The summed E-state index contributed by atoms with van der Waals surface area (Å²) in [6.07, 6.45) is 8.55. The Balaban J connectivity index is 0.000000564. The number of carbonyl (C=O) groups is 1. The number of hydrogen-bond acceptors (Lipinski definition) is 14. The average Bonchev–Trinajstić information content (AvgIpc) is 3.09. The molecule has 0 aliphatic carbocycles. The molecule has 2 rings (SSSR count). The minimum atomic E-state index is -3.68. The molecule has 2 aromatic rings. The van der Waals surface area contributed by atoms with Crippen molar-refractivity contribution in [3.05, 3.63) is 89.5 Å². The highest BCUT2D eigenvalue weighted by molar-refractivity contribution is 7.54.